The highest BCUT2D eigenvalue weighted by Gasteiger charge is 2.24. The molecule has 3 aromatic rings. The monoisotopic (exact) mass is 407 g/mol. The maximum Gasteiger partial charge on any atom is 0.293 e. The number of benzene rings is 2. The number of rotatable bonds is 6. The summed E-state index contributed by atoms with van der Waals surface area (Å²) in [6, 6.07) is 12.6. The van der Waals surface area contributed by atoms with Crippen LogP contribution in [0.4, 0.5) is 17.1 Å². The number of anilines is 2. The highest BCUT2D eigenvalue weighted by molar-refractivity contribution is 6.14. The first-order valence-corrected chi connectivity index (χ1v) is 9.88. The van der Waals surface area contributed by atoms with Gasteiger partial charge in [0.15, 0.2) is 0 Å². The Morgan fingerprint density at radius 3 is 2.43 bits per heavy atom. The normalized spacial score (nSPS) is 14.0. The van der Waals surface area contributed by atoms with Gasteiger partial charge in [-0.15, -0.1) is 0 Å². The summed E-state index contributed by atoms with van der Waals surface area (Å²) in [7, 11) is 0. The van der Waals surface area contributed by atoms with Crippen LogP contribution in [0.1, 0.15) is 42.7 Å². The number of nitro groups is 1. The number of non-ortho nitro benzene ring substituents is 1. The van der Waals surface area contributed by atoms with Crippen LogP contribution in [0.5, 0.6) is 0 Å². The number of carbonyl (C=O) groups is 2. The molecule has 1 heterocycles. The molecule has 0 bridgehead atoms. The molecular formula is C22H21N3O5. The van der Waals surface area contributed by atoms with Crippen LogP contribution in [0, 0.1) is 16.0 Å². The molecule has 1 fully saturated rings. The number of para-hydroxylation sites is 1. The molecule has 154 valence electrons. The molecule has 1 aliphatic carbocycles. The van der Waals surface area contributed by atoms with Crippen LogP contribution in [0.3, 0.4) is 0 Å². The number of fused-ring (bicyclic) bond motifs is 1. The molecule has 0 saturated heterocycles. The molecule has 0 radical (unpaired) electrons. The van der Waals surface area contributed by atoms with E-state index in [4.69, 9.17) is 4.42 Å². The Labute approximate surface area is 172 Å². The molecule has 0 atom stereocenters. The second kappa shape index (κ2) is 8.36. The van der Waals surface area contributed by atoms with Gasteiger partial charge in [-0.25, -0.2) is 0 Å². The number of hydrogen-bond donors (Lipinski definition) is 2. The van der Waals surface area contributed by atoms with Crippen molar-refractivity contribution >= 4 is 39.8 Å². The third kappa shape index (κ3) is 4.17. The molecule has 1 aromatic heterocycles. The average molecular weight is 407 g/mol. The summed E-state index contributed by atoms with van der Waals surface area (Å²) in [5, 5.41) is 17.0. The van der Waals surface area contributed by atoms with Gasteiger partial charge in [0.1, 0.15) is 11.3 Å². The van der Waals surface area contributed by atoms with Crippen LogP contribution < -0.4 is 10.6 Å². The summed E-state index contributed by atoms with van der Waals surface area (Å²) in [6.45, 7) is 0. The van der Waals surface area contributed by atoms with Crippen LogP contribution in [0.25, 0.3) is 11.0 Å². The lowest BCUT2D eigenvalue weighted by atomic mass is 10.0. The average Bonchev–Trinajstić information content (AvgIpc) is 3.36. The lowest BCUT2D eigenvalue weighted by Crippen LogP contribution is -2.18. The molecule has 8 heteroatoms. The Morgan fingerprint density at radius 2 is 1.73 bits per heavy atom. The lowest BCUT2D eigenvalue weighted by molar-refractivity contribution is -0.384. The first-order chi connectivity index (χ1) is 14.5. The molecule has 2 aromatic carbocycles. The number of hydrogen-bond acceptors (Lipinski definition) is 5. The van der Waals surface area contributed by atoms with E-state index in [1.165, 1.54) is 24.3 Å². The van der Waals surface area contributed by atoms with Crippen molar-refractivity contribution in [2.45, 2.75) is 32.1 Å². The van der Waals surface area contributed by atoms with Crippen LogP contribution in [0.15, 0.2) is 52.9 Å². The quantitative estimate of drug-likeness (QED) is 0.435. The lowest BCUT2D eigenvalue weighted by Gasteiger charge is -2.10. The molecule has 0 unspecified atom stereocenters. The van der Waals surface area contributed by atoms with Crippen molar-refractivity contribution in [3.63, 3.8) is 0 Å². The Balaban J connectivity index is 1.57. The van der Waals surface area contributed by atoms with Gasteiger partial charge in [-0.3, -0.25) is 19.7 Å². The highest BCUT2D eigenvalue weighted by atomic mass is 16.6. The number of nitro benzene ring substituents is 1. The van der Waals surface area contributed by atoms with E-state index in [-0.39, 0.29) is 17.4 Å². The highest BCUT2D eigenvalue weighted by Crippen LogP contribution is 2.33. The van der Waals surface area contributed by atoms with Gasteiger partial charge in [0.25, 0.3) is 11.6 Å². The van der Waals surface area contributed by atoms with Gasteiger partial charge >= 0.3 is 0 Å². The zero-order valence-electron chi connectivity index (χ0n) is 16.2. The molecular weight excluding hydrogens is 386 g/mol. The van der Waals surface area contributed by atoms with Gasteiger partial charge in [0.05, 0.1) is 4.92 Å². The smallest absolute Gasteiger partial charge is 0.293 e. The van der Waals surface area contributed by atoms with Crippen molar-refractivity contribution in [1.29, 1.82) is 0 Å². The van der Waals surface area contributed by atoms with Crippen LogP contribution in [0.2, 0.25) is 0 Å². The minimum Gasteiger partial charge on any atom is -0.449 e. The van der Waals surface area contributed by atoms with Crippen molar-refractivity contribution in [3.05, 3.63) is 64.4 Å². The Morgan fingerprint density at radius 1 is 1.03 bits per heavy atom. The van der Waals surface area contributed by atoms with E-state index in [9.17, 15) is 19.7 Å². The van der Waals surface area contributed by atoms with E-state index in [0.717, 1.165) is 25.7 Å². The summed E-state index contributed by atoms with van der Waals surface area (Å²) >= 11 is 0. The summed E-state index contributed by atoms with van der Waals surface area (Å²) in [4.78, 5) is 35.7. The summed E-state index contributed by atoms with van der Waals surface area (Å²) in [5.41, 5.74) is 1.14. The van der Waals surface area contributed by atoms with Gasteiger partial charge in [0, 0.05) is 29.6 Å². The number of nitrogens with zero attached hydrogens (tertiary/aromatic N) is 1. The van der Waals surface area contributed by atoms with E-state index in [0.29, 0.717) is 34.7 Å². The van der Waals surface area contributed by atoms with Crippen molar-refractivity contribution < 1.29 is 18.9 Å². The minimum atomic E-state index is -0.545. The van der Waals surface area contributed by atoms with E-state index >= 15 is 0 Å². The zero-order valence-corrected chi connectivity index (χ0v) is 16.2. The van der Waals surface area contributed by atoms with Crippen molar-refractivity contribution in [2.75, 3.05) is 10.6 Å². The van der Waals surface area contributed by atoms with Gasteiger partial charge in [-0.1, -0.05) is 25.0 Å². The Kier molecular flexibility index (Phi) is 5.47. The molecule has 0 spiro atoms. The molecule has 30 heavy (non-hydrogen) atoms. The van der Waals surface area contributed by atoms with Gasteiger partial charge in [-0.05, 0) is 43.0 Å². The summed E-state index contributed by atoms with van der Waals surface area (Å²) in [6.07, 6.45) is 4.81. The van der Waals surface area contributed by atoms with Crippen LogP contribution in [-0.4, -0.2) is 16.7 Å². The first kappa shape index (κ1) is 19.6. The van der Waals surface area contributed by atoms with E-state index in [2.05, 4.69) is 10.6 Å². The molecule has 2 amide bonds. The van der Waals surface area contributed by atoms with Crippen molar-refractivity contribution in [3.8, 4) is 0 Å². The molecule has 0 aliphatic heterocycles. The third-order valence-electron chi connectivity index (χ3n) is 5.35. The standard InChI is InChI=1S/C22H21N3O5/c26-19(13-14-5-1-2-6-14)24-20-17-7-3-4-8-18(17)30-21(20)22(27)23-15-9-11-16(12-10-15)25(28)29/h3-4,7-12,14H,1-2,5-6,13H2,(H,23,27)(H,24,26). The molecule has 1 aliphatic rings. The maximum absolute atomic E-state index is 12.9. The molecule has 4 rings (SSSR count). The second-order valence-corrected chi connectivity index (χ2v) is 7.46. The predicted octanol–water partition coefficient (Wildman–Crippen LogP) is 5.11. The van der Waals surface area contributed by atoms with E-state index in [1.807, 2.05) is 6.07 Å². The number of amides is 2. The van der Waals surface area contributed by atoms with Gasteiger partial charge < -0.3 is 15.1 Å². The minimum absolute atomic E-state index is 0.00525. The van der Waals surface area contributed by atoms with Crippen LogP contribution >= 0.6 is 0 Å². The van der Waals surface area contributed by atoms with E-state index < -0.39 is 10.8 Å². The fourth-order valence-corrected chi connectivity index (χ4v) is 3.85. The predicted molar refractivity (Wildman–Crippen MR) is 112 cm³/mol. The third-order valence-corrected chi connectivity index (χ3v) is 5.35. The summed E-state index contributed by atoms with van der Waals surface area (Å²) < 4.78 is 5.73. The number of furan rings is 1. The Hall–Kier alpha value is -3.68. The molecule has 8 nitrogen and oxygen atoms in total. The van der Waals surface area contributed by atoms with E-state index in [1.54, 1.807) is 18.2 Å². The second-order valence-electron chi connectivity index (χ2n) is 7.46. The van der Waals surface area contributed by atoms with Crippen molar-refractivity contribution in [1.82, 2.24) is 0 Å². The van der Waals surface area contributed by atoms with Gasteiger partial charge in [-0.2, -0.15) is 0 Å². The van der Waals surface area contributed by atoms with Gasteiger partial charge in [0.2, 0.25) is 11.7 Å². The van der Waals surface area contributed by atoms with Crippen LogP contribution in [-0.2, 0) is 4.79 Å². The first-order valence-electron chi connectivity index (χ1n) is 9.88. The largest absolute Gasteiger partial charge is 0.449 e. The topological polar surface area (TPSA) is 114 Å². The Bertz CT molecular complexity index is 1100. The number of carbonyl (C=O) groups excluding carboxylic acids is 2. The molecule has 2 N–H and O–H groups in total. The number of nitrogens with one attached hydrogen (secondary N) is 2. The molecule has 1 saturated carbocycles. The fourth-order valence-electron chi connectivity index (χ4n) is 3.85. The zero-order chi connectivity index (χ0) is 21.1. The van der Waals surface area contributed by atoms with Crippen molar-refractivity contribution in [2.24, 2.45) is 5.92 Å². The fraction of sp³-hybridized carbons (Fsp3) is 0.273. The SMILES string of the molecule is O=C(CC1CCCC1)Nc1c(C(=O)Nc2ccc([N+](=O)[O-])cc2)oc2ccccc12. The maximum atomic E-state index is 12.9. The summed E-state index contributed by atoms with van der Waals surface area (Å²) in [5.74, 6) is -0.316.